The number of hydrogen-bond acceptors (Lipinski definition) is 6. The second-order valence-electron chi connectivity index (χ2n) is 6.74. The molecule has 8 nitrogen and oxygen atoms in total. The molecule has 0 saturated carbocycles. The number of para-hydroxylation sites is 2. The lowest BCUT2D eigenvalue weighted by Gasteiger charge is -2.19. The smallest absolute Gasteiger partial charge is 0.395 e. The van der Waals surface area contributed by atoms with Crippen LogP contribution >= 0.6 is 7.82 Å². The largest absolute Gasteiger partial charge is 0.587 e. The van der Waals surface area contributed by atoms with Crippen LogP contribution in [-0.2, 0) is 9.09 Å². The van der Waals surface area contributed by atoms with Crippen molar-refractivity contribution in [3.63, 3.8) is 0 Å². The third kappa shape index (κ3) is 9.29. The maximum absolute atomic E-state index is 13.2. The van der Waals surface area contributed by atoms with Crippen LogP contribution in [0.2, 0.25) is 0 Å². The highest BCUT2D eigenvalue weighted by molar-refractivity contribution is 7.49. The summed E-state index contributed by atoms with van der Waals surface area (Å²) in [6.45, 7) is 3.77. The van der Waals surface area contributed by atoms with E-state index in [0.717, 1.165) is 19.4 Å². The zero-order valence-corrected chi connectivity index (χ0v) is 18.8. The van der Waals surface area contributed by atoms with Gasteiger partial charge in [-0.25, -0.2) is 4.57 Å². The molecule has 0 atom stereocenters. The molecule has 2 aromatic rings. The van der Waals surface area contributed by atoms with Crippen LogP contribution in [0.1, 0.15) is 26.2 Å². The van der Waals surface area contributed by atoms with E-state index in [1.165, 1.54) is 0 Å². The van der Waals surface area contributed by atoms with Gasteiger partial charge < -0.3 is 9.05 Å². The minimum Gasteiger partial charge on any atom is -0.395 e. The van der Waals surface area contributed by atoms with Crippen molar-refractivity contribution in [2.45, 2.75) is 26.2 Å². The van der Waals surface area contributed by atoms with Gasteiger partial charge in [-0.15, -0.1) is 0 Å². The highest BCUT2D eigenvalue weighted by Gasteiger charge is 2.30. The predicted octanol–water partition coefficient (Wildman–Crippen LogP) is 5.61. The highest BCUT2D eigenvalue weighted by Crippen LogP contribution is 2.49. The van der Waals surface area contributed by atoms with Gasteiger partial charge in [-0.2, -0.15) is 0 Å². The molecular weight excluding hydrogens is 403 g/mol. The number of benzene rings is 2. The van der Waals surface area contributed by atoms with E-state index in [9.17, 15) is 4.57 Å². The van der Waals surface area contributed by atoms with E-state index < -0.39 is 7.82 Å². The fourth-order valence-electron chi connectivity index (χ4n) is 2.37. The van der Waals surface area contributed by atoms with Gasteiger partial charge in [0.15, 0.2) is 0 Å². The van der Waals surface area contributed by atoms with Crippen molar-refractivity contribution in [1.29, 1.82) is 0 Å². The summed E-state index contributed by atoms with van der Waals surface area (Å²) in [5, 5.41) is 11.8. The molecule has 0 unspecified atom stereocenters. The minimum absolute atomic E-state index is 0.183. The summed E-state index contributed by atoms with van der Waals surface area (Å²) in [4.78, 5) is 0. The van der Waals surface area contributed by atoms with Gasteiger partial charge in [0, 0.05) is 27.2 Å². The zero-order chi connectivity index (χ0) is 21.7. The first-order chi connectivity index (χ1) is 14.5. The van der Waals surface area contributed by atoms with Crippen LogP contribution in [-0.4, -0.2) is 43.8 Å². The summed E-state index contributed by atoms with van der Waals surface area (Å²) in [5.74, 6) is 0.829. The van der Waals surface area contributed by atoms with Crippen LogP contribution in [0.4, 0.5) is 0 Å². The molecule has 0 aliphatic rings. The Labute approximate surface area is 179 Å². The van der Waals surface area contributed by atoms with Crippen LogP contribution in [0, 0.1) is 0 Å². The lowest BCUT2D eigenvalue weighted by atomic mass is 10.3. The molecule has 2 rings (SSSR count). The van der Waals surface area contributed by atoms with Gasteiger partial charge in [0.25, 0.3) is 0 Å². The first-order valence-corrected chi connectivity index (χ1v) is 11.5. The van der Waals surface area contributed by atoms with Gasteiger partial charge in [-0.1, -0.05) is 60.2 Å². The summed E-state index contributed by atoms with van der Waals surface area (Å²) in [6, 6.07) is 17.7. The number of rotatable bonds is 14. The Bertz CT molecular complexity index is 747. The molecule has 9 heteroatoms. The molecule has 0 aliphatic carbocycles. The molecule has 0 spiro atoms. The molecule has 164 valence electrons. The van der Waals surface area contributed by atoms with Crippen molar-refractivity contribution >= 4 is 7.82 Å². The lowest BCUT2D eigenvalue weighted by Crippen LogP contribution is -2.17. The molecule has 0 aromatic heterocycles. The molecule has 2 aromatic carbocycles. The van der Waals surface area contributed by atoms with Crippen LogP contribution in [0.25, 0.3) is 0 Å². The molecule has 0 bridgehead atoms. The Morgan fingerprint density at radius 2 is 1.27 bits per heavy atom. The van der Waals surface area contributed by atoms with Gasteiger partial charge in [0.1, 0.15) is 11.5 Å². The summed E-state index contributed by atoms with van der Waals surface area (Å²) in [6.07, 6.45) is 2.77. The van der Waals surface area contributed by atoms with Gasteiger partial charge in [-0.3, -0.25) is 14.5 Å². The minimum atomic E-state index is -3.85. The standard InChI is InChI=1S/C21H31N4O4P/c1-4-5-17-24(2)22-23-25(3)18-12-19-27-30(26,28-20-13-8-6-9-14-20)29-21-15-10-7-11-16-21/h6-11,13-16H,4-5,12,17-19H2,1-3H3/b23-22+. The zero-order valence-electron chi connectivity index (χ0n) is 17.9. The normalized spacial score (nSPS) is 11.4. The van der Waals surface area contributed by atoms with E-state index in [2.05, 4.69) is 17.4 Å². The molecule has 30 heavy (non-hydrogen) atoms. The topological polar surface area (TPSA) is 76.0 Å². The Morgan fingerprint density at radius 3 is 1.73 bits per heavy atom. The maximum atomic E-state index is 13.2. The SMILES string of the molecule is CCCCN(C)/N=N/N(C)CCCOP(=O)(Oc1ccccc1)Oc1ccccc1. The predicted molar refractivity (Wildman–Crippen MR) is 117 cm³/mol. The maximum Gasteiger partial charge on any atom is 0.587 e. The van der Waals surface area contributed by atoms with E-state index in [1.807, 2.05) is 31.2 Å². The summed E-state index contributed by atoms with van der Waals surface area (Å²) < 4.78 is 29.9. The summed E-state index contributed by atoms with van der Waals surface area (Å²) >= 11 is 0. The van der Waals surface area contributed by atoms with E-state index in [0.29, 0.717) is 24.5 Å². The van der Waals surface area contributed by atoms with Gasteiger partial charge in [0.2, 0.25) is 0 Å². The number of phosphoric ester groups is 1. The molecule has 0 heterocycles. The Morgan fingerprint density at radius 1 is 0.800 bits per heavy atom. The van der Waals surface area contributed by atoms with Crippen molar-refractivity contribution in [2.24, 2.45) is 10.4 Å². The monoisotopic (exact) mass is 434 g/mol. The van der Waals surface area contributed by atoms with Crippen LogP contribution < -0.4 is 9.05 Å². The van der Waals surface area contributed by atoms with Crippen LogP contribution in [0.3, 0.4) is 0 Å². The molecule has 0 aliphatic heterocycles. The van der Waals surface area contributed by atoms with E-state index in [1.54, 1.807) is 53.5 Å². The first kappa shape index (κ1) is 23.7. The number of hydrogen-bond donors (Lipinski definition) is 0. The van der Waals surface area contributed by atoms with Crippen molar-refractivity contribution in [2.75, 3.05) is 33.8 Å². The van der Waals surface area contributed by atoms with Crippen LogP contribution in [0.15, 0.2) is 71.1 Å². The van der Waals surface area contributed by atoms with Gasteiger partial charge in [0.05, 0.1) is 6.61 Å². The highest BCUT2D eigenvalue weighted by atomic mass is 31.2. The van der Waals surface area contributed by atoms with Crippen molar-refractivity contribution in [3.8, 4) is 11.5 Å². The fraction of sp³-hybridized carbons (Fsp3) is 0.429. The van der Waals surface area contributed by atoms with Crippen LogP contribution in [0.5, 0.6) is 11.5 Å². The number of nitrogens with zero attached hydrogens (tertiary/aromatic N) is 4. The van der Waals surface area contributed by atoms with E-state index in [4.69, 9.17) is 13.6 Å². The molecule has 0 saturated heterocycles. The van der Waals surface area contributed by atoms with Gasteiger partial charge in [-0.05, 0) is 37.1 Å². The third-order valence-corrected chi connectivity index (χ3v) is 5.34. The van der Waals surface area contributed by atoms with Gasteiger partial charge >= 0.3 is 7.82 Å². The van der Waals surface area contributed by atoms with E-state index in [-0.39, 0.29) is 6.61 Å². The summed E-state index contributed by atoms with van der Waals surface area (Å²) in [5.41, 5.74) is 0. The Kier molecular flexibility index (Phi) is 10.2. The molecule has 0 N–H and O–H groups in total. The summed E-state index contributed by atoms with van der Waals surface area (Å²) in [7, 11) is -0.119. The Balaban J connectivity index is 1.86. The average molecular weight is 434 g/mol. The second kappa shape index (κ2) is 12.9. The molecule has 0 amide bonds. The van der Waals surface area contributed by atoms with Crippen molar-refractivity contribution < 1.29 is 18.1 Å². The quantitative estimate of drug-likeness (QED) is 0.167. The third-order valence-electron chi connectivity index (χ3n) is 3.98. The van der Waals surface area contributed by atoms with Crippen molar-refractivity contribution in [1.82, 2.24) is 10.0 Å². The molecule has 0 radical (unpaired) electrons. The van der Waals surface area contributed by atoms with E-state index >= 15 is 0 Å². The molecular formula is C21H31N4O4P. The average Bonchev–Trinajstić information content (AvgIpc) is 2.75. The first-order valence-electron chi connectivity index (χ1n) is 10.1. The molecule has 0 fully saturated rings. The lowest BCUT2D eigenvalue weighted by molar-refractivity contribution is 0.189. The Hall–Kier alpha value is -2.57. The van der Waals surface area contributed by atoms with Crippen molar-refractivity contribution in [3.05, 3.63) is 60.7 Å². The number of unbranched alkanes of at least 4 members (excludes halogenated alkanes) is 1. The fourth-order valence-corrected chi connectivity index (χ4v) is 3.63. The second-order valence-corrected chi connectivity index (χ2v) is 8.26. The number of phosphoric acid groups is 1.